The SMILES string of the molecule is Cn1ccc2cc(/C=C/c3ccc([N+](=O)[O-])cc3)ccc21. The van der Waals surface area contributed by atoms with Crippen LogP contribution in [0.25, 0.3) is 23.1 Å². The van der Waals surface area contributed by atoms with Crippen LogP contribution in [0, 0.1) is 10.1 Å². The summed E-state index contributed by atoms with van der Waals surface area (Å²) in [4.78, 5) is 10.2. The minimum Gasteiger partial charge on any atom is -0.351 e. The summed E-state index contributed by atoms with van der Waals surface area (Å²) in [5.41, 5.74) is 3.35. The Labute approximate surface area is 122 Å². The number of benzene rings is 2. The van der Waals surface area contributed by atoms with Gasteiger partial charge in [-0.25, -0.2) is 0 Å². The third kappa shape index (κ3) is 2.69. The molecule has 0 atom stereocenters. The van der Waals surface area contributed by atoms with Crippen LogP contribution >= 0.6 is 0 Å². The molecule has 0 N–H and O–H groups in total. The normalized spacial score (nSPS) is 11.3. The van der Waals surface area contributed by atoms with Gasteiger partial charge in [0.1, 0.15) is 0 Å². The summed E-state index contributed by atoms with van der Waals surface area (Å²) in [5, 5.41) is 11.8. The minimum atomic E-state index is -0.392. The van der Waals surface area contributed by atoms with Crippen molar-refractivity contribution in [3.8, 4) is 0 Å². The van der Waals surface area contributed by atoms with Crippen LogP contribution in [0.2, 0.25) is 0 Å². The van der Waals surface area contributed by atoms with E-state index in [9.17, 15) is 10.1 Å². The summed E-state index contributed by atoms with van der Waals surface area (Å²) in [7, 11) is 2.02. The van der Waals surface area contributed by atoms with Crippen molar-refractivity contribution in [2.24, 2.45) is 7.05 Å². The molecule has 0 bridgehead atoms. The average molecular weight is 278 g/mol. The van der Waals surface area contributed by atoms with E-state index >= 15 is 0 Å². The number of aryl methyl sites for hydroxylation is 1. The number of hydrogen-bond acceptors (Lipinski definition) is 2. The summed E-state index contributed by atoms with van der Waals surface area (Å²) in [6.45, 7) is 0. The van der Waals surface area contributed by atoms with E-state index in [4.69, 9.17) is 0 Å². The molecule has 104 valence electrons. The Hall–Kier alpha value is -2.88. The lowest BCUT2D eigenvalue weighted by Gasteiger charge is -1.98. The van der Waals surface area contributed by atoms with Gasteiger partial charge in [0.05, 0.1) is 4.92 Å². The Kier molecular flexibility index (Phi) is 3.28. The molecule has 4 heteroatoms. The predicted octanol–water partition coefficient (Wildman–Crippen LogP) is 4.26. The Morgan fingerprint density at radius 1 is 1.00 bits per heavy atom. The fraction of sp³-hybridized carbons (Fsp3) is 0.0588. The number of nitrogens with zero attached hydrogens (tertiary/aromatic N) is 2. The average Bonchev–Trinajstić information content (AvgIpc) is 2.86. The molecule has 4 nitrogen and oxygen atoms in total. The first kappa shape index (κ1) is 13.1. The van der Waals surface area contributed by atoms with Gasteiger partial charge in [-0.1, -0.05) is 18.2 Å². The highest BCUT2D eigenvalue weighted by Gasteiger charge is 2.02. The second kappa shape index (κ2) is 5.25. The molecule has 0 aliphatic carbocycles. The lowest BCUT2D eigenvalue weighted by atomic mass is 10.1. The first-order chi connectivity index (χ1) is 10.1. The summed E-state index contributed by atoms with van der Waals surface area (Å²) < 4.78 is 2.08. The van der Waals surface area contributed by atoms with E-state index in [1.807, 2.05) is 25.4 Å². The van der Waals surface area contributed by atoms with Gasteiger partial charge in [-0.05, 0) is 41.5 Å². The number of nitro groups is 1. The molecule has 2 aromatic carbocycles. The third-order valence-corrected chi connectivity index (χ3v) is 3.48. The quantitative estimate of drug-likeness (QED) is 0.408. The first-order valence-corrected chi connectivity index (χ1v) is 6.61. The van der Waals surface area contributed by atoms with E-state index in [1.165, 1.54) is 23.0 Å². The molecule has 21 heavy (non-hydrogen) atoms. The Balaban J connectivity index is 1.85. The highest BCUT2D eigenvalue weighted by molar-refractivity contribution is 5.84. The van der Waals surface area contributed by atoms with Gasteiger partial charge < -0.3 is 4.57 Å². The van der Waals surface area contributed by atoms with E-state index in [1.54, 1.807) is 12.1 Å². The van der Waals surface area contributed by atoms with Gasteiger partial charge in [-0.2, -0.15) is 0 Å². The fourth-order valence-corrected chi connectivity index (χ4v) is 2.30. The zero-order valence-corrected chi connectivity index (χ0v) is 11.6. The second-order valence-electron chi connectivity index (χ2n) is 4.93. The van der Waals surface area contributed by atoms with Gasteiger partial charge in [0.2, 0.25) is 0 Å². The summed E-state index contributed by atoms with van der Waals surface area (Å²) >= 11 is 0. The number of aromatic nitrogens is 1. The molecule has 0 amide bonds. The zero-order valence-electron chi connectivity index (χ0n) is 11.6. The van der Waals surface area contributed by atoms with Crippen LogP contribution in [0.15, 0.2) is 54.7 Å². The highest BCUT2D eigenvalue weighted by Crippen LogP contribution is 2.19. The Morgan fingerprint density at radius 2 is 1.67 bits per heavy atom. The lowest BCUT2D eigenvalue weighted by Crippen LogP contribution is -1.86. The number of rotatable bonds is 3. The summed E-state index contributed by atoms with van der Waals surface area (Å²) in [6.07, 6.45) is 6.00. The molecule has 0 spiro atoms. The van der Waals surface area contributed by atoms with Crippen LogP contribution in [0.1, 0.15) is 11.1 Å². The predicted molar refractivity (Wildman–Crippen MR) is 84.9 cm³/mol. The molecular formula is C17H14N2O2. The summed E-state index contributed by atoms with van der Waals surface area (Å²) in [5.74, 6) is 0. The molecule has 1 aromatic heterocycles. The van der Waals surface area contributed by atoms with E-state index in [-0.39, 0.29) is 5.69 Å². The molecular weight excluding hydrogens is 264 g/mol. The Bertz CT molecular complexity index is 830. The van der Waals surface area contributed by atoms with Crippen molar-refractivity contribution < 1.29 is 4.92 Å². The van der Waals surface area contributed by atoms with Crippen molar-refractivity contribution in [2.75, 3.05) is 0 Å². The first-order valence-electron chi connectivity index (χ1n) is 6.61. The van der Waals surface area contributed by atoms with E-state index < -0.39 is 4.92 Å². The van der Waals surface area contributed by atoms with Crippen molar-refractivity contribution in [1.82, 2.24) is 4.57 Å². The van der Waals surface area contributed by atoms with Crippen molar-refractivity contribution in [1.29, 1.82) is 0 Å². The maximum Gasteiger partial charge on any atom is 0.269 e. The van der Waals surface area contributed by atoms with Crippen molar-refractivity contribution in [2.45, 2.75) is 0 Å². The van der Waals surface area contributed by atoms with Gasteiger partial charge in [0, 0.05) is 36.3 Å². The topological polar surface area (TPSA) is 48.1 Å². The number of hydrogen-bond donors (Lipinski definition) is 0. The van der Waals surface area contributed by atoms with Gasteiger partial charge in [0.25, 0.3) is 5.69 Å². The van der Waals surface area contributed by atoms with Crippen LogP contribution in [-0.4, -0.2) is 9.49 Å². The number of fused-ring (bicyclic) bond motifs is 1. The third-order valence-electron chi connectivity index (χ3n) is 3.48. The maximum absolute atomic E-state index is 10.6. The van der Waals surface area contributed by atoms with Crippen molar-refractivity contribution in [3.63, 3.8) is 0 Å². The lowest BCUT2D eigenvalue weighted by molar-refractivity contribution is -0.384. The number of nitro benzene ring substituents is 1. The maximum atomic E-state index is 10.6. The molecule has 0 radical (unpaired) electrons. The van der Waals surface area contributed by atoms with Crippen molar-refractivity contribution in [3.05, 3.63) is 76.0 Å². The van der Waals surface area contributed by atoms with E-state index in [2.05, 4.69) is 28.8 Å². The molecule has 0 saturated carbocycles. The van der Waals surface area contributed by atoms with Crippen LogP contribution in [-0.2, 0) is 7.05 Å². The van der Waals surface area contributed by atoms with Crippen LogP contribution in [0.4, 0.5) is 5.69 Å². The second-order valence-corrected chi connectivity index (χ2v) is 4.93. The molecule has 0 saturated heterocycles. The standard InChI is InChI=1S/C17H14N2O2/c1-18-11-10-15-12-14(6-9-17(15)18)3-2-13-4-7-16(8-5-13)19(20)21/h2-12H,1H3/b3-2+. The summed E-state index contributed by atoms with van der Waals surface area (Å²) in [6, 6.07) is 14.9. The van der Waals surface area contributed by atoms with Gasteiger partial charge in [0.15, 0.2) is 0 Å². The minimum absolute atomic E-state index is 0.109. The van der Waals surface area contributed by atoms with Gasteiger partial charge >= 0.3 is 0 Å². The zero-order chi connectivity index (χ0) is 14.8. The fourth-order valence-electron chi connectivity index (χ4n) is 2.30. The molecule has 0 aliphatic rings. The highest BCUT2D eigenvalue weighted by atomic mass is 16.6. The van der Waals surface area contributed by atoms with E-state index in [0.29, 0.717) is 0 Å². The van der Waals surface area contributed by atoms with E-state index in [0.717, 1.165) is 11.1 Å². The number of non-ortho nitro benzene ring substituents is 1. The molecule has 0 fully saturated rings. The molecule has 3 aromatic rings. The molecule has 3 rings (SSSR count). The van der Waals surface area contributed by atoms with Crippen molar-refractivity contribution >= 4 is 28.7 Å². The van der Waals surface area contributed by atoms with Gasteiger partial charge in [-0.15, -0.1) is 0 Å². The Morgan fingerprint density at radius 3 is 2.38 bits per heavy atom. The largest absolute Gasteiger partial charge is 0.351 e. The van der Waals surface area contributed by atoms with Crippen LogP contribution in [0.3, 0.4) is 0 Å². The van der Waals surface area contributed by atoms with Crippen LogP contribution < -0.4 is 0 Å². The van der Waals surface area contributed by atoms with Gasteiger partial charge in [-0.3, -0.25) is 10.1 Å². The van der Waals surface area contributed by atoms with Crippen LogP contribution in [0.5, 0.6) is 0 Å². The monoisotopic (exact) mass is 278 g/mol. The smallest absolute Gasteiger partial charge is 0.269 e. The molecule has 0 unspecified atom stereocenters. The molecule has 0 aliphatic heterocycles. The molecule has 1 heterocycles.